The van der Waals surface area contributed by atoms with Crippen molar-refractivity contribution >= 4 is 15.9 Å². The molecule has 0 amide bonds. The maximum atomic E-state index is 13.0. The van der Waals surface area contributed by atoms with Crippen molar-refractivity contribution < 1.29 is 17.6 Å². The Balaban J connectivity index is 2.60. The van der Waals surface area contributed by atoms with Crippen LogP contribution in [0.1, 0.15) is 11.4 Å². The predicted octanol–water partition coefficient (Wildman–Crippen LogP) is 3.50. The fourth-order valence-electron chi connectivity index (χ4n) is 1.43. The molecule has 18 heavy (non-hydrogen) atoms. The molecule has 0 aliphatic heterocycles. The molecule has 0 atom stereocenters. The maximum Gasteiger partial charge on any atom is 0.436 e. The van der Waals surface area contributed by atoms with Crippen LogP contribution >= 0.6 is 15.9 Å². The van der Waals surface area contributed by atoms with E-state index < -0.39 is 17.7 Å². The summed E-state index contributed by atoms with van der Waals surface area (Å²) in [7, 11) is 0. The summed E-state index contributed by atoms with van der Waals surface area (Å²) in [5.74, 6) is -0.646. The molecule has 3 nitrogen and oxygen atoms in total. The first-order valence-electron chi connectivity index (χ1n) is 4.74. The molecule has 2 rings (SSSR count). The van der Waals surface area contributed by atoms with E-state index >= 15 is 0 Å². The Hall–Kier alpha value is -1.44. The van der Waals surface area contributed by atoms with Gasteiger partial charge in [-0.25, -0.2) is 9.07 Å². The third kappa shape index (κ3) is 2.24. The summed E-state index contributed by atoms with van der Waals surface area (Å²) in [5.41, 5.74) is -0.706. The third-order valence-corrected chi connectivity index (χ3v) is 3.20. The van der Waals surface area contributed by atoms with Crippen LogP contribution in [-0.2, 0) is 6.18 Å². The van der Waals surface area contributed by atoms with Crippen LogP contribution in [-0.4, -0.2) is 14.8 Å². The second-order valence-electron chi connectivity index (χ2n) is 3.52. The lowest BCUT2D eigenvalue weighted by atomic mass is 10.3. The SMILES string of the molecule is Cc1c(Br)c(C(F)(F)F)nn1-c1cncc(F)c1. The van der Waals surface area contributed by atoms with Crippen LogP contribution < -0.4 is 0 Å². The molecule has 0 saturated carbocycles. The smallest absolute Gasteiger partial charge is 0.259 e. The van der Waals surface area contributed by atoms with Crippen molar-refractivity contribution in [1.29, 1.82) is 0 Å². The number of pyridine rings is 1. The Bertz CT molecular complexity index is 591. The largest absolute Gasteiger partial charge is 0.436 e. The first-order valence-corrected chi connectivity index (χ1v) is 5.53. The minimum absolute atomic E-state index is 0.128. The van der Waals surface area contributed by atoms with E-state index in [4.69, 9.17) is 0 Å². The van der Waals surface area contributed by atoms with Gasteiger partial charge in [0.25, 0.3) is 0 Å². The van der Waals surface area contributed by atoms with Crippen molar-refractivity contribution in [2.24, 2.45) is 0 Å². The van der Waals surface area contributed by atoms with Gasteiger partial charge in [0.15, 0.2) is 5.69 Å². The Kier molecular flexibility index (Phi) is 3.14. The highest BCUT2D eigenvalue weighted by Crippen LogP contribution is 2.36. The van der Waals surface area contributed by atoms with E-state index in [1.165, 1.54) is 13.1 Å². The zero-order chi connectivity index (χ0) is 13.5. The number of alkyl halides is 3. The summed E-state index contributed by atoms with van der Waals surface area (Å²) in [5, 5.41) is 3.43. The highest BCUT2D eigenvalue weighted by Gasteiger charge is 2.38. The molecular formula is C10H6BrF4N3. The lowest BCUT2D eigenvalue weighted by Gasteiger charge is -2.03. The standard InChI is InChI=1S/C10H6BrF4N3/c1-5-8(11)9(10(13,14)15)17-18(5)7-2-6(12)3-16-4-7/h2-4H,1H3. The fraction of sp³-hybridized carbons (Fsp3) is 0.200. The van der Waals surface area contributed by atoms with E-state index in [2.05, 4.69) is 26.0 Å². The molecule has 0 aromatic carbocycles. The molecule has 0 aliphatic carbocycles. The second kappa shape index (κ2) is 4.34. The van der Waals surface area contributed by atoms with Crippen LogP contribution in [0.25, 0.3) is 5.69 Å². The van der Waals surface area contributed by atoms with Gasteiger partial charge in [0, 0.05) is 6.07 Å². The van der Waals surface area contributed by atoms with E-state index in [0.29, 0.717) is 0 Å². The van der Waals surface area contributed by atoms with Gasteiger partial charge in [-0.15, -0.1) is 0 Å². The molecule has 0 bridgehead atoms. The summed E-state index contributed by atoms with van der Waals surface area (Å²) in [4.78, 5) is 3.57. The maximum absolute atomic E-state index is 13.0. The zero-order valence-electron chi connectivity index (χ0n) is 8.96. The Morgan fingerprint density at radius 2 is 1.94 bits per heavy atom. The van der Waals surface area contributed by atoms with Gasteiger partial charge in [0.2, 0.25) is 0 Å². The van der Waals surface area contributed by atoms with Gasteiger partial charge in [-0.3, -0.25) is 4.98 Å². The van der Waals surface area contributed by atoms with Crippen LogP contribution in [0.4, 0.5) is 17.6 Å². The first kappa shape index (κ1) is 13.0. The number of aromatic nitrogens is 3. The second-order valence-corrected chi connectivity index (χ2v) is 4.31. The van der Waals surface area contributed by atoms with Gasteiger partial charge in [0.05, 0.1) is 28.2 Å². The van der Waals surface area contributed by atoms with Crippen LogP contribution in [0.3, 0.4) is 0 Å². The minimum Gasteiger partial charge on any atom is -0.259 e. The summed E-state index contributed by atoms with van der Waals surface area (Å²) >= 11 is 2.84. The number of hydrogen-bond donors (Lipinski definition) is 0. The van der Waals surface area contributed by atoms with E-state index in [1.54, 1.807) is 0 Å². The Labute approximate surface area is 108 Å². The molecule has 96 valence electrons. The van der Waals surface area contributed by atoms with Gasteiger partial charge in [-0.05, 0) is 22.9 Å². The molecule has 2 aromatic rings. The number of nitrogens with zero attached hydrogens (tertiary/aromatic N) is 3. The highest BCUT2D eigenvalue weighted by atomic mass is 79.9. The molecule has 0 fully saturated rings. The Morgan fingerprint density at radius 1 is 1.28 bits per heavy atom. The Morgan fingerprint density at radius 3 is 2.44 bits per heavy atom. The molecule has 8 heteroatoms. The van der Waals surface area contributed by atoms with E-state index in [-0.39, 0.29) is 15.9 Å². The number of halogens is 5. The van der Waals surface area contributed by atoms with Crippen molar-refractivity contribution in [3.8, 4) is 5.69 Å². The lowest BCUT2D eigenvalue weighted by Crippen LogP contribution is -2.08. The van der Waals surface area contributed by atoms with Crippen molar-refractivity contribution in [3.05, 3.63) is 40.1 Å². The summed E-state index contributed by atoms with van der Waals surface area (Å²) in [6, 6.07) is 1.06. The summed E-state index contributed by atoms with van der Waals surface area (Å²) in [6.45, 7) is 1.44. The molecule has 2 aromatic heterocycles. The van der Waals surface area contributed by atoms with E-state index in [0.717, 1.165) is 16.9 Å². The zero-order valence-corrected chi connectivity index (χ0v) is 10.5. The van der Waals surface area contributed by atoms with Gasteiger partial charge in [-0.1, -0.05) is 0 Å². The number of hydrogen-bond acceptors (Lipinski definition) is 2. The topological polar surface area (TPSA) is 30.7 Å². The van der Waals surface area contributed by atoms with Gasteiger partial charge < -0.3 is 0 Å². The molecular weight excluding hydrogens is 318 g/mol. The molecule has 0 radical (unpaired) electrons. The van der Waals surface area contributed by atoms with E-state index in [1.807, 2.05) is 0 Å². The van der Waals surface area contributed by atoms with Crippen molar-refractivity contribution in [1.82, 2.24) is 14.8 Å². The first-order chi connectivity index (χ1) is 8.30. The lowest BCUT2D eigenvalue weighted by molar-refractivity contribution is -0.141. The van der Waals surface area contributed by atoms with Crippen molar-refractivity contribution in [3.63, 3.8) is 0 Å². The molecule has 2 heterocycles. The van der Waals surface area contributed by atoms with Crippen LogP contribution in [0.2, 0.25) is 0 Å². The molecule has 0 saturated heterocycles. The fourth-order valence-corrected chi connectivity index (χ4v) is 1.90. The molecule has 0 aliphatic rings. The molecule has 0 spiro atoms. The normalized spacial score (nSPS) is 11.9. The molecule has 0 unspecified atom stereocenters. The minimum atomic E-state index is -4.57. The monoisotopic (exact) mass is 323 g/mol. The van der Waals surface area contributed by atoms with Crippen molar-refractivity contribution in [2.45, 2.75) is 13.1 Å². The van der Waals surface area contributed by atoms with Crippen LogP contribution in [0.15, 0.2) is 22.9 Å². The number of rotatable bonds is 1. The average molecular weight is 324 g/mol. The third-order valence-electron chi connectivity index (χ3n) is 2.25. The predicted molar refractivity (Wildman–Crippen MR) is 58.8 cm³/mol. The summed E-state index contributed by atoms with van der Waals surface area (Å²) < 4.78 is 51.7. The van der Waals surface area contributed by atoms with Crippen molar-refractivity contribution in [2.75, 3.05) is 0 Å². The van der Waals surface area contributed by atoms with E-state index in [9.17, 15) is 17.6 Å². The highest BCUT2D eigenvalue weighted by molar-refractivity contribution is 9.10. The average Bonchev–Trinajstić information content (AvgIpc) is 2.55. The van der Waals surface area contributed by atoms with Crippen LogP contribution in [0.5, 0.6) is 0 Å². The van der Waals surface area contributed by atoms with Gasteiger partial charge in [-0.2, -0.15) is 18.3 Å². The van der Waals surface area contributed by atoms with Gasteiger partial charge in [0.1, 0.15) is 5.82 Å². The van der Waals surface area contributed by atoms with Gasteiger partial charge >= 0.3 is 6.18 Å². The molecule has 0 N–H and O–H groups in total. The summed E-state index contributed by atoms with van der Waals surface area (Å²) in [6.07, 6.45) is -2.38. The quantitative estimate of drug-likeness (QED) is 0.752. The van der Waals surface area contributed by atoms with Crippen LogP contribution in [0, 0.1) is 12.7 Å².